The molecule has 0 radical (unpaired) electrons. The number of hydrogen-bond acceptors (Lipinski definition) is 3. The van der Waals surface area contributed by atoms with Gasteiger partial charge in [-0.25, -0.2) is 0 Å². The summed E-state index contributed by atoms with van der Waals surface area (Å²) in [7, 11) is 0. The zero-order chi connectivity index (χ0) is 15.5. The Morgan fingerprint density at radius 2 is 1.73 bits per heavy atom. The van der Waals surface area contributed by atoms with Crippen molar-refractivity contribution in [2.24, 2.45) is 5.92 Å². The van der Waals surface area contributed by atoms with E-state index >= 15 is 0 Å². The molecule has 2 atom stereocenters. The highest BCUT2D eigenvalue weighted by atomic mass is 16.5. The van der Waals surface area contributed by atoms with Crippen LogP contribution in [0, 0.1) is 5.92 Å². The molecule has 0 N–H and O–H groups in total. The van der Waals surface area contributed by atoms with Gasteiger partial charge in [0, 0.05) is 25.6 Å². The first-order chi connectivity index (χ1) is 10.7. The molecule has 0 aromatic rings. The van der Waals surface area contributed by atoms with E-state index in [1.54, 1.807) is 0 Å². The van der Waals surface area contributed by atoms with Crippen LogP contribution in [0.25, 0.3) is 0 Å². The minimum absolute atomic E-state index is 0.0987. The minimum Gasteiger partial charge on any atom is -0.375 e. The Labute approximate surface area is 133 Å². The van der Waals surface area contributed by atoms with E-state index in [1.807, 2.05) is 16.7 Å². The zero-order valence-electron chi connectivity index (χ0n) is 13.6. The lowest BCUT2D eigenvalue weighted by atomic mass is 9.88. The Morgan fingerprint density at radius 1 is 0.955 bits per heavy atom. The fourth-order valence-electron chi connectivity index (χ4n) is 4.10. The van der Waals surface area contributed by atoms with Crippen molar-refractivity contribution in [1.29, 1.82) is 0 Å². The summed E-state index contributed by atoms with van der Waals surface area (Å²) in [6.45, 7) is 4.67. The Kier molecular flexibility index (Phi) is 5.01. The Morgan fingerprint density at radius 3 is 2.45 bits per heavy atom. The molecule has 1 saturated carbocycles. The molecule has 3 aliphatic rings. The molecule has 3 rings (SSSR count). The first-order valence-electron chi connectivity index (χ1n) is 8.87. The third-order valence-electron chi connectivity index (χ3n) is 5.33. The summed E-state index contributed by atoms with van der Waals surface area (Å²) < 4.78 is 5.52. The van der Waals surface area contributed by atoms with E-state index in [0.717, 1.165) is 45.1 Å². The molecule has 0 bridgehead atoms. The number of rotatable bonds is 2. The molecule has 22 heavy (non-hydrogen) atoms. The van der Waals surface area contributed by atoms with Crippen LogP contribution >= 0.6 is 0 Å². The fraction of sp³-hybridized carbons (Fsp3) is 0.882. The highest BCUT2D eigenvalue weighted by Gasteiger charge is 2.39. The molecule has 2 heterocycles. The van der Waals surface area contributed by atoms with Gasteiger partial charge in [-0.2, -0.15) is 0 Å². The normalized spacial score (nSPS) is 30.6. The highest BCUT2D eigenvalue weighted by molar-refractivity contribution is 5.89. The molecular formula is C17H28N2O3. The van der Waals surface area contributed by atoms with Crippen LogP contribution < -0.4 is 0 Å². The van der Waals surface area contributed by atoms with Gasteiger partial charge in [-0.15, -0.1) is 0 Å². The van der Waals surface area contributed by atoms with Gasteiger partial charge in [0.05, 0.1) is 12.7 Å². The van der Waals surface area contributed by atoms with Crippen LogP contribution in [0.3, 0.4) is 0 Å². The van der Waals surface area contributed by atoms with Gasteiger partial charge in [-0.05, 0) is 32.6 Å². The van der Waals surface area contributed by atoms with E-state index in [9.17, 15) is 9.59 Å². The van der Waals surface area contributed by atoms with Crippen LogP contribution in [-0.4, -0.2) is 60.0 Å². The van der Waals surface area contributed by atoms with Crippen molar-refractivity contribution in [3.05, 3.63) is 0 Å². The summed E-state index contributed by atoms with van der Waals surface area (Å²) in [5.74, 6) is 0.527. The molecule has 124 valence electrons. The molecule has 2 amide bonds. The first-order valence-corrected chi connectivity index (χ1v) is 8.87. The molecule has 5 heteroatoms. The minimum atomic E-state index is -0.222. The lowest BCUT2D eigenvalue weighted by Crippen LogP contribution is -2.53. The summed E-state index contributed by atoms with van der Waals surface area (Å²) in [5, 5.41) is 0. The van der Waals surface area contributed by atoms with Gasteiger partial charge in [0.15, 0.2) is 0 Å². The third kappa shape index (κ3) is 3.29. The van der Waals surface area contributed by atoms with Gasteiger partial charge in [0.25, 0.3) is 0 Å². The zero-order valence-corrected chi connectivity index (χ0v) is 13.6. The van der Waals surface area contributed by atoms with Gasteiger partial charge >= 0.3 is 0 Å². The van der Waals surface area contributed by atoms with Crippen molar-refractivity contribution in [1.82, 2.24) is 9.80 Å². The van der Waals surface area contributed by atoms with Gasteiger partial charge in [0.2, 0.25) is 11.8 Å². The largest absolute Gasteiger partial charge is 0.375 e. The monoisotopic (exact) mass is 308 g/mol. The number of morpholine rings is 1. The summed E-state index contributed by atoms with van der Waals surface area (Å²) in [6, 6.07) is -0.222. The molecule has 5 nitrogen and oxygen atoms in total. The predicted octanol–water partition coefficient (Wildman–Crippen LogP) is 1.80. The van der Waals surface area contributed by atoms with E-state index in [-0.39, 0.29) is 29.9 Å². The van der Waals surface area contributed by atoms with E-state index in [1.165, 1.54) is 6.42 Å². The SMILES string of the molecule is C[C@H]1CN(C(=O)[C@@H]2CCCN2C(=O)C2CCCCC2)CCO1. The van der Waals surface area contributed by atoms with Crippen LogP contribution in [0.2, 0.25) is 0 Å². The smallest absolute Gasteiger partial charge is 0.245 e. The Balaban J connectivity index is 1.64. The molecule has 3 fully saturated rings. The van der Waals surface area contributed by atoms with Crippen molar-refractivity contribution < 1.29 is 14.3 Å². The van der Waals surface area contributed by atoms with Crippen LogP contribution in [0.4, 0.5) is 0 Å². The Bertz CT molecular complexity index is 420. The standard InChI is InChI=1S/C17H28N2O3/c1-13-12-18(10-11-22-13)17(21)15-8-5-9-19(15)16(20)14-6-3-2-4-7-14/h13-15H,2-12H2,1H3/t13-,15-/m0/s1. The molecule has 2 aliphatic heterocycles. The topological polar surface area (TPSA) is 49.9 Å². The van der Waals surface area contributed by atoms with Gasteiger partial charge in [0.1, 0.15) is 6.04 Å². The van der Waals surface area contributed by atoms with Crippen LogP contribution in [0.5, 0.6) is 0 Å². The molecule has 0 aromatic carbocycles. The summed E-state index contributed by atoms with van der Waals surface area (Å²) >= 11 is 0. The number of amides is 2. The predicted molar refractivity (Wildman–Crippen MR) is 83.3 cm³/mol. The average Bonchev–Trinajstić information content (AvgIpc) is 3.04. The van der Waals surface area contributed by atoms with E-state index in [4.69, 9.17) is 4.74 Å². The summed E-state index contributed by atoms with van der Waals surface area (Å²) in [5.41, 5.74) is 0. The number of carbonyl (C=O) groups excluding carboxylic acids is 2. The molecule has 0 unspecified atom stereocenters. The van der Waals surface area contributed by atoms with Gasteiger partial charge in [-0.1, -0.05) is 19.3 Å². The van der Waals surface area contributed by atoms with E-state index in [2.05, 4.69) is 0 Å². The lowest BCUT2D eigenvalue weighted by Gasteiger charge is -2.36. The number of hydrogen-bond donors (Lipinski definition) is 0. The number of ether oxygens (including phenoxy) is 1. The van der Waals surface area contributed by atoms with Crippen molar-refractivity contribution in [2.45, 2.75) is 64.0 Å². The average molecular weight is 308 g/mol. The van der Waals surface area contributed by atoms with Crippen molar-refractivity contribution in [3.8, 4) is 0 Å². The Hall–Kier alpha value is -1.10. The number of nitrogens with zero attached hydrogens (tertiary/aromatic N) is 2. The van der Waals surface area contributed by atoms with Gasteiger partial charge < -0.3 is 14.5 Å². The fourth-order valence-corrected chi connectivity index (χ4v) is 4.10. The maximum absolute atomic E-state index is 12.8. The molecule has 2 saturated heterocycles. The highest BCUT2D eigenvalue weighted by Crippen LogP contribution is 2.29. The summed E-state index contributed by atoms with van der Waals surface area (Å²) in [4.78, 5) is 29.4. The second kappa shape index (κ2) is 6.99. The molecular weight excluding hydrogens is 280 g/mol. The van der Waals surface area contributed by atoms with E-state index < -0.39 is 0 Å². The number of likely N-dealkylation sites (tertiary alicyclic amines) is 1. The second-order valence-corrected chi connectivity index (χ2v) is 6.99. The first kappa shape index (κ1) is 15.8. The van der Waals surface area contributed by atoms with Crippen LogP contribution in [0.1, 0.15) is 51.9 Å². The maximum atomic E-state index is 12.8. The maximum Gasteiger partial charge on any atom is 0.245 e. The van der Waals surface area contributed by atoms with E-state index in [0.29, 0.717) is 19.7 Å². The molecule has 0 spiro atoms. The van der Waals surface area contributed by atoms with Gasteiger partial charge in [-0.3, -0.25) is 9.59 Å². The third-order valence-corrected chi connectivity index (χ3v) is 5.33. The van der Waals surface area contributed by atoms with Crippen molar-refractivity contribution >= 4 is 11.8 Å². The second-order valence-electron chi connectivity index (χ2n) is 6.99. The molecule has 1 aliphatic carbocycles. The van der Waals surface area contributed by atoms with Crippen molar-refractivity contribution in [3.63, 3.8) is 0 Å². The van der Waals surface area contributed by atoms with Crippen LogP contribution in [0.15, 0.2) is 0 Å². The van der Waals surface area contributed by atoms with Crippen molar-refractivity contribution in [2.75, 3.05) is 26.2 Å². The lowest BCUT2D eigenvalue weighted by molar-refractivity contribution is -0.150. The van der Waals surface area contributed by atoms with Crippen LogP contribution in [-0.2, 0) is 14.3 Å². The quantitative estimate of drug-likeness (QED) is 0.781. The summed E-state index contributed by atoms with van der Waals surface area (Å²) in [6.07, 6.45) is 7.44. The molecule has 0 aromatic heterocycles. The number of carbonyl (C=O) groups is 2.